The fourth-order valence-electron chi connectivity index (χ4n) is 0.954. The molecule has 1 heterocycles. The van der Waals surface area contributed by atoms with Gasteiger partial charge in [-0.05, 0) is 12.2 Å². The normalized spacial score (nSPS) is 10.4. The lowest BCUT2D eigenvalue weighted by atomic mass is 10.6. The first-order chi connectivity index (χ1) is 6.27. The molecule has 0 aliphatic carbocycles. The van der Waals surface area contributed by atoms with Gasteiger partial charge in [0.2, 0.25) is 0 Å². The van der Waals surface area contributed by atoms with Crippen LogP contribution >= 0.6 is 12.2 Å². The predicted molar refractivity (Wildman–Crippen MR) is 56.3 cm³/mol. The summed E-state index contributed by atoms with van der Waals surface area (Å²) >= 11 is 5.15. The van der Waals surface area contributed by atoms with Gasteiger partial charge in [-0.15, -0.1) is 0 Å². The molecule has 1 aromatic rings. The molecule has 13 heavy (non-hydrogen) atoms. The summed E-state index contributed by atoms with van der Waals surface area (Å²) in [5.74, 6) is 0. The van der Waals surface area contributed by atoms with Crippen LogP contribution in [0.2, 0.25) is 0 Å². The van der Waals surface area contributed by atoms with Crippen molar-refractivity contribution in [2.75, 3.05) is 13.1 Å². The molecule has 0 aromatic carbocycles. The Kier molecular flexibility index (Phi) is 3.85. The topological polar surface area (TPSA) is 33.1 Å². The number of hydrazine groups is 1. The molecule has 0 unspecified atom stereocenters. The Morgan fingerprint density at radius 3 is 2.69 bits per heavy atom. The van der Waals surface area contributed by atoms with E-state index >= 15 is 0 Å². The molecular formula is C8H14N4S. The van der Waals surface area contributed by atoms with Gasteiger partial charge in [-0.3, -0.25) is 9.99 Å². The van der Waals surface area contributed by atoms with E-state index in [0.717, 1.165) is 13.1 Å². The van der Waals surface area contributed by atoms with Gasteiger partial charge in [-0.25, -0.2) is 9.99 Å². The fraction of sp³-hybridized carbons (Fsp3) is 0.500. The number of nitrogens with one attached hydrogen (secondary N) is 1. The van der Waals surface area contributed by atoms with Crippen molar-refractivity contribution in [3.8, 4) is 0 Å². The maximum atomic E-state index is 5.15. The van der Waals surface area contributed by atoms with Gasteiger partial charge in [-0.2, -0.15) is 0 Å². The van der Waals surface area contributed by atoms with E-state index in [1.54, 1.807) is 17.1 Å². The Morgan fingerprint density at radius 2 is 2.23 bits per heavy atom. The van der Waals surface area contributed by atoms with Gasteiger partial charge < -0.3 is 0 Å². The Morgan fingerprint density at radius 1 is 1.54 bits per heavy atom. The Labute approximate surface area is 83.5 Å². The van der Waals surface area contributed by atoms with E-state index in [9.17, 15) is 0 Å². The van der Waals surface area contributed by atoms with Gasteiger partial charge in [0.1, 0.15) is 6.33 Å². The van der Waals surface area contributed by atoms with Crippen LogP contribution in [0, 0.1) is 0 Å². The van der Waals surface area contributed by atoms with Crippen molar-refractivity contribution in [3.05, 3.63) is 18.7 Å². The lowest BCUT2D eigenvalue weighted by Crippen LogP contribution is -2.43. The van der Waals surface area contributed by atoms with Crippen molar-refractivity contribution in [1.82, 2.24) is 20.0 Å². The zero-order valence-electron chi connectivity index (χ0n) is 7.90. The summed E-state index contributed by atoms with van der Waals surface area (Å²) in [7, 11) is 0. The van der Waals surface area contributed by atoms with Crippen molar-refractivity contribution in [2.24, 2.45) is 0 Å². The van der Waals surface area contributed by atoms with Crippen LogP contribution in [0.3, 0.4) is 0 Å². The lowest BCUT2D eigenvalue weighted by Gasteiger charge is -2.20. The van der Waals surface area contributed by atoms with E-state index in [-0.39, 0.29) is 0 Å². The molecule has 0 amide bonds. The minimum absolute atomic E-state index is 0.654. The van der Waals surface area contributed by atoms with E-state index in [4.69, 9.17) is 12.2 Å². The highest BCUT2D eigenvalue weighted by Crippen LogP contribution is 1.88. The van der Waals surface area contributed by atoms with Gasteiger partial charge in [-0.1, -0.05) is 13.8 Å². The first-order valence-electron chi connectivity index (χ1n) is 4.31. The second-order valence-corrected chi connectivity index (χ2v) is 2.95. The van der Waals surface area contributed by atoms with E-state index < -0.39 is 0 Å². The van der Waals surface area contributed by atoms with Crippen LogP contribution in [-0.4, -0.2) is 32.8 Å². The van der Waals surface area contributed by atoms with E-state index in [1.165, 1.54) is 0 Å². The third-order valence-corrected chi connectivity index (χ3v) is 2.06. The number of imidazole rings is 1. The van der Waals surface area contributed by atoms with Crippen molar-refractivity contribution < 1.29 is 0 Å². The number of thiocarbonyl (C=S) groups is 1. The smallest absolute Gasteiger partial charge is 0.193 e. The summed E-state index contributed by atoms with van der Waals surface area (Å²) in [6, 6.07) is 0. The zero-order chi connectivity index (χ0) is 9.68. The zero-order valence-corrected chi connectivity index (χ0v) is 8.71. The summed E-state index contributed by atoms with van der Waals surface area (Å²) in [4.78, 5) is 3.92. The number of hydrogen-bond acceptors (Lipinski definition) is 3. The van der Waals surface area contributed by atoms with Gasteiger partial charge in [0, 0.05) is 25.5 Å². The van der Waals surface area contributed by atoms with Crippen LogP contribution in [0.25, 0.3) is 0 Å². The third kappa shape index (κ3) is 2.78. The molecule has 0 saturated carbocycles. The predicted octanol–water partition coefficient (Wildman–Crippen LogP) is 0.863. The van der Waals surface area contributed by atoms with Gasteiger partial charge in [0.25, 0.3) is 0 Å². The Bertz CT molecular complexity index is 253. The minimum Gasteiger partial charge on any atom is -0.295 e. The molecule has 1 N–H and O–H groups in total. The van der Waals surface area contributed by atoms with Crippen molar-refractivity contribution in [3.63, 3.8) is 0 Å². The molecule has 0 saturated heterocycles. The molecule has 0 bridgehead atoms. The second-order valence-electron chi connectivity index (χ2n) is 2.56. The van der Waals surface area contributed by atoms with Gasteiger partial charge >= 0.3 is 0 Å². The molecule has 1 rings (SSSR count). The summed E-state index contributed by atoms with van der Waals surface area (Å²) in [6.45, 7) is 6.00. The first-order valence-corrected chi connectivity index (χ1v) is 4.72. The summed E-state index contributed by atoms with van der Waals surface area (Å²) in [5.41, 5.74) is 3.11. The highest BCUT2D eigenvalue weighted by molar-refractivity contribution is 7.80. The maximum Gasteiger partial charge on any atom is 0.193 e. The van der Waals surface area contributed by atoms with E-state index in [2.05, 4.69) is 24.3 Å². The average molecular weight is 198 g/mol. The molecule has 5 heteroatoms. The van der Waals surface area contributed by atoms with Crippen LogP contribution < -0.4 is 5.43 Å². The lowest BCUT2D eigenvalue weighted by molar-refractivity contribution is 0.261. The maximum absolute atomic E-state index is 5.15. The average Bonchev–Trinajstić information content (AvgIpc) is 2.66. The molecule has 1 aromatic heterocycles. The third-order valence-electron chi connectivity index (χ3n) is 1.76. The van der Waals surface area contributed by atoms with Gasteiger partial charge in [0.15, 0.2) is 5.11 Å². The standard InChI is InChI=1S/C8H14N4S/c1-3-12(4-2)10-8(13)11-6-5-9-7-11/h5-7H,3-4H2,1-2H3,(H,10,13). The molecule has 4 nitrogen and oxygen atoms in total. The summed E-state index contributed by atoms with van der Waals surface area (Å²) < 4.78 is 1.77. The monoisotopic (exact) mass is 198 g/mol. The molecule has 0 spiro atoms. The number of rotatable bonds is 3. The molecule has 0 atom stereocenters. The fourth-order valence-corrected chi connectivity index (χ4v) is 1.19. The van der Waals surface area contributed by atoms with Crippen molar-refractivity contribution >= 4 is 17.3 Å². The molecule has 0 fully saturated rings. The second kappa shape index (κ2) is 4.94. The molecule has 0 radical (unpaired) electrons. The summed E-state index contributed by atoms with van der Waals surface area (Å²) in [5, 5.41) is 2.68. The van der Waals surface area contributed by atoms with Crippen molar-refractivity contribution in [1.29, 1.82) is 0 Å². The molecule has 72 valence electrons. The highest BCUT2D eigenvalue weighted by atomic mass is 32.1. The molecule has 0 aliphatic heterocycles. The number of nitrogens with zero attached hydrogens (tertiary/aromatic N) is 3. The first kappa shape index (κ1) is 10.1. The number of aromatic nitrogens is 2. The SMILES string of the molecule is CCN(CC)NC(=S)n1ccnc1. The van der Waals surface area contributed by atoms with Gasteiger partial charge in [0.05, 0.1) is 0 Å². The quantitative estimate of drug-likeness (QED) is 0.577. The van der Waals surface area contributed by atoms with E-state index in [1.807, 2.05) is 11.2 Å². The van der Waals surface area contributed by atoms with Crippen LogP contribution in [0.1, 0.15) is 13.8 Å². The number of hydrogen-bond donors (Lipinski definition) is 1. The van der Waals surface area contributed by atoms with Crippen molar-refractivity contribution in [2.45, 2.75) is 13.8 Å². The van der Waals surface area contributed by atoms with Crippen LogP contribution in [-0.2, 0) is 0 Å². The molecule has 0 aliphatic rings. The minimum atomic E-state index is 0.654. The Hall–Kier alpha value is -0.940. The summed E-state index contributed by atoms with van der Waals surface area (Å²) in [6.07, 6.45) is 5.20. The largest absolute Gasteiger partial charge is 0.295 e. The van der Waals surface area contributed by atoms with E-state index in [0.29, 0.717) is 5.11 Å². The highest BCUT2D eigenvalue weighted by Gasteiger charge is 2.02. The Balaban J connectivity index is 2.50. The van der Waals surface area contributed by atoms with Crippen LogP contribution in [0.5, 0.6) is 0 Å². The van der Waals surface area contributed by atoms with Crippen LogP contribution in [0.15, 0.2) is 18.7 Å². The molecular weight excluding hydrogens is 184 g/mol. The van der Waals surface area contributed by atoms with Crippen LogP contribution in [0.4, 0.5) is 0 Å².